The zero-order valence-electron chi connectivity index (χ0n) is 12.8. The predicted molar refractivity (Wildman–Crippen MR) is 82.8 cm³/mol. The van der Waals surface area contributed by atoms with Crippen LogP contribution in [0, 0.1) is 18.6 Å². The molecule has 2 aromatic rings. The Balaban J connectivity index is 2.08. The number of halogens is 2. The maximum Gasteiger partial charge on any atom is 0.258 e. The number of anilines is 1. The minimum absolute atomic E-state index is 0.108. The van der Waals surface area contributed by atoms with Crippen LogP contribution in [-0.2, 0) is 0 Å². The van der Waals surface area contributed by atoms with Gasteiger partial charge < -0.3 is 4.90 Å². The normalized spacial score (nSPS) is 17.1. The summed E-state index contributed by atoms with van der Waals surface area (Å²) in [4.78, 5) is 26.3. The van der Waals surface area contributed by atoms with Gasteiger partial charge in [-0.25, -0.2) is 8.78 Å². The molecule has 1 unspecified atom stereocenters. The Morgan fingerprint density at radius 2 is 1.91 bits per heavy atom. The average Bonchev–Trinajstić information content (AvgIpc) is 2.50. The van der Waals surface area contributed by atoms with Gasteiger partial charge >= 0.3 is 0 Å². The van der Waals surface area contributed by atoms with Crippen LogP contribution in [0.4, 0.5) is 14.5 Å². The van der Waals surface area contributed by atoms with Crippen LogP contribution >= 0.6 is 0 Å². The second kappa shape index (κ2) is 5.57. The van der Waals surface area contributed by atoms with Gasteiger partial charge in [0.1, 0.15) is 11.6 Å². The molecule has 0 aromatic heterocycles. The van der Waals surface area contributed by atoms with Crippen LogP contribution in [0.5, 0.6) is 0 Å². The van der Waals surface area contributed by atoms with E-state index >= 15 is 0 Å². The van der Waals surface area contributed by atoms with E-state index in [-0.39, 0.29) is 29.4 Å². The van der Waals surface area contributed by atoms with Crippen LogP contribution in [0.2, 0.25) is 0 Å². The van der Waals surface area contributed by atoms with Crippen LogP contribution in [0.25, 0.3) is 0 Å². The van der Waals surface area contributed by atoms with Crippen LogP contribution in [0.3, 0.4) is 0 Å². The molecule has 1 aliphatic heterocycles. The van der Waals surface area contributed by atoms with Crippen molar-refractivity contribution in [3.8, 4) is 0 Å². The molecule has 3 nitrogen and oxygen atoms in total. The van der Waals surface area contributed by atoms with E-state index in [4.69, 9.17) is 0 Å². The third-order valence-corrected chi connectivity index (χ3v) is 4.08. The molecule has 2 aromatic carbocycles. The molecular weight excluding hydrogens is 300 g/mol. The Labute approximate surface area is 132 Å². The van der Waals surface area contributed by atoms with E-state index in [1.165, 1.54) is 29.2 Å². The van der Waals surface area contributed by atoms with Gasteiger partial charge in [0.2, 0.25) is 0 Å². The molecule has 3 rings (SSSR count). The molecule has 0 radical (unpaired) electrons. The monoisotopic (exact) mass is 315 g/mol. The zero-order chi connectivity index (χ0) is 16.7. The number of amides is 1. The molecule has 118 valence electrons. The van der Waals surface area contributed by atoms with Crippen molar-refractivity contribution in [2.75, 3.05) is 4.90 Å². The number of carbonyl (C=O) groups is 2. The Morgan fingerprint density at radius 3 is 2.61 bits per heavy atom. The summed E-state index contributed by atoms with van der Waals surface area (Å²) in [5.41, 5.74) is 1.20. The van der Waals surface area contributed by atoms with E-state index in [0.29, 0.717) is 11.3 Å². The molecule has 23 heavy (non-hydrogen) atoms. The van der Waals surface area contributed by atoms with E-state index in [1.54, 1.807) is 19.9 Å². The van der Waals surface area contributed by atoms with Gasteiger partial charge in [-0.3, -0.25) is 9.59 Å². The first-order valence-electron chi connectivity index (χ1n) is 7.31. The van der Waals surface area contributed by atoms with Crippen LogP contribution < -0.4 is 4.90 Å². The number of rotatable bonds is 1. The van der Waals surface area contributed by atoms with Crippen LogP contribution in [0.1, 0.15) is 39.6 Å². The molecule has 0 bridgehead atoms. The summed E-state index contributed by atoms with van der Waals surface area (Å²) < 4.78 is 27.1. The fraction of sp³-hybridized carbons (Fsp3) is 0.222. The third kappa shape index (κ3) is 2.63. The van der Waals surface area contributed by atoms with Gasteiger partial charge in [0.15, 0.2) is 5.78 Å². The van der Waals surface area contributed by atoms with Crippen molar-refractivity contribution in [2.45, 2.75) is 26.3 Å². The Hall–Kier alpha value is -2.56. The number of hydrogen-bond donors (Lipinski definition) is 0. The second-order valence-corrected chi connectivity index (χ2v) is 5.78. The fourth-order valence-corrected chi connectivity index (χ4v) is 2.82. The summed E-state index contributed by atoms with van der Waals surface area (Å²) in [7, 11) is 0. The van der Waals surface area contributed by atoms with E-state index in [0.717, 1.165) is 6.07 Å². The SMILES string of the molecule is Cc1ccc(C(=O)N2c3ccc(F)cc3C(=O)CC2C)cc1F. The molecule has 0 fully saturated rings. The van der Waals surface area contributed by atoms with Crippen molar-refractivity contribution in [2.24, 2.45) is 0 Å². The second-order valence-electron chi connectivity index (χ2n) is 5.78. The minimum atomic E-state index is -0.527. The topological polar surface area (TPSA) is 37.4 Å². The lowest BCUT2D eigenvalue weighted by Gasteiger charge is -2.34. The van der Waals surface area contributed by atoms with E-state index < -0.39 is 17.5 Å². The molecule has 1 heterocycles. The first-order chi connectivity index (χ1) is 10.9. The van der Waals surface area contributed by atoms with Crippen molar-refractivity contribution < 1.29 is 18.4 Å². The van der Waals surface area contributed by atoms with E-state index in [2.05, 4.69) is 0 Å². The van der Waals surface area contributed by atoms with Crippen molar-refractivity contribution in [1.29, 1.82) is 0 Å². The van der Waals surface area contributed by atoms with Gasteiger partial charge in [0.05, 0.1) is 5.69 Å². The summed E-state index contributed by atoms with van der Waals surface area (Å²) >= 11 is 0. The Morgan fingerprint density at radius 1 is 1.17 bits per heavy atom. The summed E-state index contributed by atoms with van der Waals surface area (Å²) in [6.45, 7) is 3.36. The van der Waals surface area contributed by atoms with E-state index in [9.17, 15) is 18.4 Å². The molecule has 0 aliphatic carbocycles. The number of aryl methyl sites for hydroxylation is 1. The Bertz CT molecular complexity index is 817. The summed E-state index contributed by atoms with van der Waals surface area (Å²) in [5, 5.41) is 0. The van der Waals surface area contributed by atoms with Gasteiger partial charge in [-0.2, -0.15) is 0 Å². The third-order valence-electron chi connectivity index (χ3n) is 4.08. The maximum absolute atomic E-state index is 13.7. The van der Waals surface area contributed by atoms with Gasteiger partial charge in [-0.1, -0.05) is 6.07 Å². The first kappa shape index (κ1) is 15.3. The van der Waals surface area contributed by atoms with Gasteiger partial charge in [0.25, 0.3) is 5.91 Å². The molecule has 1 aliphatic rings. The van der Waals surface area contributed by atoms with Crippen molar-refractivity contribution >= 4 is 17.4 Å². The largest absolute Gasteiger partial charge is 0.304 e. The summed E-state index contributed by atoms with van der Waals surface area (Å²) in [6.07, 6.45) is 0.108. The minimum Gasteiger partial charge on any atom is -0.304 e. The number of benzene rings is 2. The number of hydrogen-bond acceptors (Lipinski definition) is 2. The lowest BCUT2D eigenvalue weighted by molar-refractivity contribution is 0.0936. The number of fused-ring (bicyclic) bond motifs is 1. The number of ketones is 1. The van der Waals surface area contributed by atoms with E-state index in [1.807, 2.05) is 0 Å². The van der Waals surface area contributed by atoms with Crippen molar-refractivity contribution in [3.05, 3.63) is 64.7 Å². The number of Topliss-reactive ketones (excluding diaryl/α,β-unsaturated/α-hetero) is 1. The van der Waals surface area contributed by atoms with Crippen LogP contribution in [-0.4, -0.2) is 17.7 Å². The number of carbonyl (C=O) groups excluding carboxylic acids is 2. The van der Waals surface area contributed by atoms with Crippen molar-refractivity contribution in [3.63, 3.8) is 0 Å². The van der Waals surface area contributed by atoms with Crippen molar-refractivity contribution in [1.82, 2.24) is 0 Å². The highest BCUT2D eigenvalue weighted by molar-refractivity contribution is 6.13. The number of nitrogens with zero attached hydrogens (tertiary/aromatic N) is 1. The molecule has 0 saturated carbocycles. The molecule has 0 N–H and O–H groups in total. The molecule has 1 amide bonds. The smallest absolute Gasteiger partial charge is 0.258 e. The Kier molecular flexibility index (Phi) is 3.72. The lowest BCUT2D eigenvalue weighted by atomic mass is 9.94. The molecular formula is C18H15F2NO2. The fourth-order valence-electron chi connectivity index (χ4n) is 2.82. The highest BCUT2D eigenvalue weighted by Crippen LogP contribution is 2.32. The zero-order valence-corrected chi connectivity index (χ0v) is 12.8. The van der Waals surface area contributed by atoms with Gasteiger partial charge in [0, 0.05) is 23.6 Å². The lowest BCUT2D eigenvalue weighted by Crippen LogP contribution is -2.44. The first-order valence-corrected chi connectivity index (χ1v) is 7.31. The average molecular weight is 315 g/mol. The predicted octanol–water partition coefficient (Wildman–Crippen LogP) is 3.89. The van der Waals surface area contributed by atoms with Gasteiger partial charge in [-0.15, -0.1) is 0 Å². The summed E-state index contributed by atoms with van der Waals surface area (Å²) in [6, 6.07) is 7.66. The highest BCUT2D eigenvalue weighted by atomic mass is 19.1. The highest BCUT2D eigenvalue weighted by Gasteiger charge is 2.33. The molecule has 0 spiro atoms. The molecule has 0 saturated heterocycles. The molecule has 5 heteroatoms. The molecule has 1 atom stereocenters. The maximum atomic E-state index is 13.7. The summed E-state index contributed by atoms with van der Waals surface area (Å²) in [5.74, 6) is -1.60. The van der Waals surface area contributed by atoms with Gasteiger partial charge in [-0.05, 0) is 49.7 Å². The standard InChI is InChI=1S/C18H15F2NO2/c1-10-3-4-12(8-15(10)20)18(23)21-11(2)7-17(22)14-9-13(19)5-6-16(14)21/h3-6,8-9,11H,7H2,1-2H3. The quantitative estimate of drug-likeness (QED) is 0.800. The van der Waals surface area contributed by atoms with Crippen LogP contribution in [0.15, 0.2) is 36.4 Å².